The Hall–Kier alpha value is -0.390. The molecule has 0 unspecified atom stereocenters. The highest BCUT2D eigenvalue weighted by atomic mass is 79.9. The molecule has 0 aromatic carbocycles. The maximum Gasteiger partial charge on any atom is 0.0739 e. The summed E-state index contributed by atoms with van der Waals surface area (Å²) in [6, 6.07) is 0. The van der Waals surface area contributed by atoms with Gasteiger partial charge in [0.15, 0.2) is 0 Å². The molecule has 17 heavy (non-hydrogen) atoms. The summed E-state index contributed by atoms with van der Waals surface area (Å²) in [5, 5.41) is 4.53. The number of aromatic nitrogens is 2. The fourth-order valence-corrected chi connectivity index (χ4v) is 2.60. The average molecular weight is 302 g/mol. The molecular formula is C12H20BrN3O. The molecular weight excluding hydrogens is 282 g/mol. The fraction of sp³-hybridized carbons (Fsp3) is 0.750. The molecule has 4 nitrogen and oxygen atoms in total. The summed E-state index contributed by atoms with van der Waals surface area (Å²) in [6.07, 6.45) is 1.12. The lowest BCUT2D eigenvalue weighted by Gasteiger charge is -2.19. The van der Waals surface area contributed by atoms with Crippen LogP contribution in [-0.4, -0.2) is 41.0 Å². The van der Waals surface area contributed by atoms with E-state index in [2.05, 4.69) is 37.5 Å². The number of hydrogen-bond donors (Lipinski definition) is 0. The molecule has 2 rings (SSSR count). The predicted molar refractivity (Wildman–Crippen MR) is 71.1 cm³/mol. The van der Waals surface area contributed by atoms with E-state index in [1.165, 1.54) is 5.69 Å². The Balaban J connectivity index is 2.11. The Morgan fingerprint density at radius 2 is 2.18 bits per heavy atom. The lowest BCUT2D eigenvalue weighted by Crippen LogP contribution is -2.27. The van der Waals surface area contributed by atoms with Crippen LogP contribution in [0.4, 0.5) is 0 Å². The van der Waals surface area contributed by atoms with E-state index >= 15 is 0 Å². The maximum atomic E-state index is 5.48. The van der Waals surface area contributed by atoms with Crippen molar-refractivity contribution in [3.05, 3.63) is 15.9 Å². The molecule has 0 aliphatic carbocycles. The first-order valence-electron chi connectivity index (χ1n) is 6.24. The summed E-state index contributed by atoms with van der Waals surface area (Å²) in [7, 11) is 0. The van der Waals surface area contributed by atoms with Crippen molar-refractivity contribution < 1.29 is 4.74 Å². The van der Waals surface area contributed by atoms with Crippen molar-refractivity contribution in [2.24, 2.45) is 0 Å². The summed E-state index contributed by atoms with van der Waals surface area (Å²) in [5.41, 5.74) is 2.36. The van der Waals surface area contributed by atoms with Gasteiger partial charge in [0.05, 0.1) is 22.5 Å². The van der Waals surface area contributed by atoms with Gasteiger partial charge in [-0.25, -0.2) is 0 Å². The molecule has 1 aliphatic rings. The van der Waals surface area contributed by atoms with E-state index in [0.717, 1.165) is 56.0 Å². The van der Waals surface area contributed by atoms with Crippen molar-refractivity contribution in [3.63, 3.8) is 0 Å². The smallest absolute Gasteiger partial charge is 0.0739 e. The Bertz CT molecular complexity index is 370. The third kappa shape index (κ3) is 3.09. The maximum absolute atomic E-state index is 5.48. The first-order valence-corrected chi connectivity index (χ1v) is 7.03. The van der Waals surface area contributed by atoms with Gasteiger partial charge in [-0.2, -0.15) is 5.10 Å². The molecule has 96 valence electrons. The second-order valence-corrected chi connectivity index (χ2v) is 5.20. The van der Waals surface area contributed by atoms with E-state index < -0.39 is 0 Å². The Labute approximate surface area is 111 Å². The van der Waals surface area contributed by atoms with Gasteiger partial charge in [-0.05, 0) is 36.2 Å². The minimum absolute atomic E-state index is 0.844. The Morgan fingerprint density at radius 1 is 1.35 bits per heavy atom. The number of nitrogens with zero attached hydrogens (tertiary/aromatic N) is 3. The van der Waals surface area contributed by atoms with E-state index in [1.807, 2.05) is 6.92 Å². The molecule has 0 amide bonds. The standard InChI is InChI=1S/C12H20BrN3O/c1-3-16-11(12(13)10(2)14-16)9-15-5-4-7-17-8-6-15/h3-9H2,1-2H3. The van der Waals surface area contributed by atoms with E-state index in [4.69, 9.17) is 4.74 Å². The lowest BCUT2D eigenvalue weighted by molar-refractivity contribution is 0.140. The normalized spacial score (nSPS) is 18.3. The van der Waals surface area contributed by atoms with Crippen molar-refractivity contribution in [1.29, 1.82) is 0 Å². The molecule has 0 N–H and O–H groups in total. The van der Waals surface area contributed by atoms with Crippen LogP contribution >= 0.6 is 15.9 Å². The minimum Gasteiger partial charge on any atom is -0.380 e. The molecule has 1 aromatic heterocycles. The van der Waals surface area contributed by atoms with Crippen molar-refractivity contribution in [1.82, 2.24) is 14.7 Å². The predicted octanol–water partition coefficient (Wildman–Crippen LogP) is 2.20. The van der Waals surface area contributed by atoms with Gasteiger partial charge in [0.1, 0.15) is 0 Å². The van der Waals surface area contributed by atoms with Crippen LogP contribution in [0.2, 0.25) is 0 Å². The molecule has 1 aromatic rings. The number of hydrogen-bond acceptors (Lipinski definition) is 3. The third-order valence-corrected chi connectivity index (χ3v) is 4.17. The average Bonchev–Trinajstić information content (AvgIpc) is 2.54. The number of ether oxygens (including phenoxy) is 1. The van der Waals surface area contributed by atoms with Gasteiger partial charge in [-0.1, -0.05) is 0 Å². The van der Waals surface area contributed by atoms with E-state index in [0.29, 0.717) is 0 Å². The van der Waals surface area contributed by atoms with E-state index in [9.17, 15) is 0 Å². The van der Waals surface area contributed by atoms with Gasteiger partial charge in [0, 0.05) is 32.8 Å². The SMILES string of the molecule is CCn1nc(C)c(Br)c1CN1CCCOCC1. The zero-order chi connectivity index (χ0) is 12.3. The van der Waals surface area contributed by atoms with Gasteiger partial charge in [-0.15, -0.1) is 0 Å². The molecule has 0 radical (unpaired) electrons. The van der Waals surface area contributed by atoms with Crippen molar-refractivity contribution in [3.8, 4) is 0 Å². The lowest BCUT2D eigenvalue weighted by atomic mass is 10.3. The second-order valence-electron chi connectivity index (χ2n) is 4.40. The summed E-state index contributed by atoms with van der Waals surface area (Å²) in [5.74, 6) is 0. The second kappa shape index (κ2) is 5.98. The fourth-order valence-electron chi connectivity index (χ4n) is 2.19. The number of halogens is 1. The first kappa shape index (κ1) is 13.1. The molecule has 0 atom stereocenters. The summed E-state index contributed by atoms with van der Waals surface area (Å²) in [4.78, 5) is 2.44. The van der Waals surface area contributed by atoms with Crippen LogP contribution in [0.5, 0.6) is 0 Å². The highest BCUT2D eigenvalue weighted by Gasteiger charge is 2.16. The zero-order valence-electron chi connectivity index (χ0n) is 10.6. The minimum atomic E-state index is 0.844. The molecule has 1 aliphatic heterocycles. The molecule has 1 saturated heterocycles. The number of rotatable bonds is 3. The van der Waals surface area contributed by atoms with Crippen LogP contribution in [-0.2, 0) is 17.8 Å². The van der Waals surface area contributed by atoms with Crippen molar-refractivity contribution in [2.75, 3.05) is 26.3 Å². The number of aryl methyl sites for hydroxylation is 2. The third-order valence-electron chi connectivity index (χ3n) is 3.14. The van der Waals surface area contributed by atoms with Crippen LogP contribution in [0.3, 0.4) is 0 Å². The molecule has 0 bridgehead atoms. The molecule has 2 heterocycles. The topological polar surface area (TPSA) is 30.3 Å². The molecule has 0 saturated carbocycles. The molecule has 0 spiro atoms. The first-order chi connectivity index (χ1) is 8.22. The Morgan fingerprint density at radius 3 is 2.94 bits per heavy atom. The summed E-state index contributed by atoms with van der Waals surface area (Å²) in [6.45, 7) is 9.92. The van der Waals surface area contributed by atoms with Crippen LogP contribution in [0.15, 0.2) is 4.47 Å². The van der Waals surface area contributed by atoms with Gasteiger partial charge >= 0.3 is 0 Å². The van der Waals surface area contributed by atoms with Crippen molar-refractivity contribution >= 4 is 15.9 Å². The van der Waals surface area contributed by atoms with Crippen LogP contribution in [0.1, 0.15) is 24.7 Å². The highest BCUT2D eigenvalue weighted by Crippen LogP contribution is 2.22. The quantitative estimate of drug-likeness (QED) is 0.857. The van der Waals surface area contributed by atoms with E-state index in [-0.39, 0.29) is 0 Å². The van der Waals surface area contributed by atoms with Gasteiger partial charge in [-0.3, -0.25) is 9.58 Å². The van der Waals surface area contributed by atoms with Gasteiger partial charge in [0.2, 0.25) is 0 Å². The van der Waals surface area contributed by atoms with Crippen LogP contribution < -0.4 is 0 Å². The van der Waals surface area contributed by atoms with Gasteiger partial charge in [0.25, 0.3) is 0 Å². The highest BCUT2D eigenvalue weighted by molar-refractivity contribution is 9.10. The zero-order valence-corrected chi connectivity index (χ0v) is 12.2. The van der Waals surface area contributed by atoms with Crippen LogP contribution in [0.25, 0.3) is 0 Å². The largest absolute Gasteiger partial charge is 0.380 e. The molecule has 1 fully saturated rings. The summed E-state index contributed by atoms with van der Waals surface area (Å²) < 4.78 is 8.72. The summed E-state index contributed by atoms with van der Waals surface area (Å²) >= 11 is 3.65. The Kier molecular flexibility index (Phi) is 4.59. The monoisotopic (exact) mass is 301 g/mol. The van der Waals surface area contributed by atoms with Gasteiger partial charge < -0.3 is 4.74 Å². The van der Waals surface area contributed by atoms with Crippen molar-refractivity contribution in [2.45, 2.75) is 33.4 Å². The van der Waals surface area contributed by atoms with E-state index in [1.54, 1.807) is 0 Å². The van der Waals surface area contributed by atoms with Crippen LogP contribution in [0, 0.1) is 6.92 Å². The molecule has 5 heteroatoms.